The van der Waals surface area contributed by atoms with E-state index >= 15 is 0 Å². The molecule has 1 aliphatic heterocycles. The summed E-state index contributed by atoms with van der Waals surface area (Å²) in [6.07, 6.45) is 0. The molecule has 1 N–H and O–H groups in total. The highest BCUT2D eigenvalue weighted by atomic mass is 19.1. The molecule has 3 heteroatoms. The summed E-state index contributed by atoms with van der Waals surface area (Å²) < 4.78 is 19.0. The molecule has 0 radical (unpaired) electrons. The zero-order valence-electron chi connectivity index (χ0n) is 11.0. The zero-order valence-corrected chi connectivity index (χ0v) is 11.0. The molecule has 19 heavy (non-hydrogen) atoms. The molecule has 0 aromatic heterocycles. The standard InChI is InChI=1S/C16H16FNO/c1-16(2)14-9-12(6-7-15(14)18-10-19-16)11-4-3-5-13(17)8-11/h3-9,18H,10H2,1-2H3. The Hall–Kier alpha value is -1.87. The Morgan fingerprint density at radius 2 is 1.89 bits per heavy atom. The molecule has 2 aromatic rings. The van der Waals surface area contributed by atoms with Crippen molar-refractivity contribution in [2.24, 2.45) is 0 Å². The van der Waals surface area contributed by atoms with Crippen molar-refractivity contribution in [3.05, 3.63) is 53.8 Å². The van der Waals surface area contributed by atoms with E-state index in [0.717, 1.165) is 22.4 Å². The van der Waals surface area contributed by atoms with Crippen molar-refractivity contribution in [2.75, 3.05) is 12.0 Å². The third kappa shape index (κ3) is 2.22. The predicted octanol–water partition coefficient (Wildman–Crippen LogP) is 4.13. The summed E-state index contributed by atoms with van der Waals surface area (Å²) in [6, 6.07) is 12.7. The van der Waals surface area contributed by atoms with E-state index in [4.69, 9.17) is 4.74 Å². The molecular weight excluding hydrogens is 241 g/mol. The number of fused-ring (bicyclic) bond motifs is 1. The summed E-state index contributed by atoms with van der Waals surface area (Å²) in [4.78, 5) is 0. The topological polar surface area (TPSA) is 21.3 Å². The van der Waals surface area contributed by atoms with Crippen LogP contribution in [0.15, 0.2) is 42.5 Å². The first-order valence-electron chi connectivity index (χ1n) is 6.34. The summed E-state index contributed by atoms with van der Waals surface area (Å²) >= 11 is 0. The number of halogens is 1. The molecule has 2 aromatic carbocycles. The average molecular weight is 257 g/mol. The predicted molar refractivity (Wildman–Crippen MR) is 74.4 cm³/mol. The van der Waals surface area contributed by atoms with Crippen molar-refractivity contribution in [1.29, 1.82) is 0 Å². The van der Waals surface area contributed by atoms with Crippen LogP contribution in [0.5, 0.6) is 0 Å². The molecule has 0 spiro atoms. The van der Waals surface area contributed by atoms with E-state index < -0.39 is 0 Å². The Balaban J connectivity index is 2.10. The number of ether oxygens (including phenoxy) is 1. The van der Waals surface area contributed by atoms with Crippen molar-refractivity contribution in [1.82, 2.24) is 0 Å². The molecule has 1 aliphatic rings. The molecule has 0 amide bonds. The van der Waals surface area contributed by atoms with Gasteiger partial charge in [0.2, 0.25) is 0 Å². The van der Waals surface area contributed by atoms with Crippen LogP contribution >= 0.6 is 0 Å². The van der Waals surface area contributed by atoms with Crippen LogP contribution in [0.1, 0.15) is 19.4 Å². The number of anilines is 1. The van der Waals surface area contributed by atoms with Gasteiger partial charge in [0.25, 0.3) is 0 Å². The van der Waals surface area contributed by atoms with Crippen LogP contribution in [-0.4, -0.2) is 6.73 Å². The van der Waals surface area contributed by atoms with Gasteiger partial charge in [-0.2, -0.15) is 0 Å². The highest BCUT2D eigenvalue weighted by molar-refractivity contribution is 5.69. The van der Waals surface area contributed by atoms with E-state index in [9.17, 15) is 4.39 Å². The first kappa shape index (κ1) is 12.2. The molecule has 0 unspecified atom stereocenters. The van der Waals surface area contributed by atoms with Crippen LogP contribution in [0, 0.1) is 5.82 Å². The number of hydrogen-bond donors (Lipinski definition) is 1. The molecule has 1 heterocycles. The van der Waals surface area contributed by atoms with Crippen LogP contribution in [-0.2, 0) is 10.3 Å². The van der Waals surface area contributed by atoms with Crippen molar-refractivity contribution in [3.63, 3.8) is 0 Å². The lowest BCUT2D eigenvalue weighted by atomic mass is 9.91. The van der Waals surface area contributed by atoms with Gasteiger partial charge < -0.3 is 10.1 Å². The van der Waals surface area contributed by atoms with Gasteiger partial charge in [-0.05, 0) is 49.2 Å². The molecule has 0 saturated heterocycles. The Morgan fingerprint density at radius 1 is 1.11 bits per heavy atom. The van der Waals surface area contributed by atoms with E-state index in [1.165, 1.54) is 6.07 Å². The second-order valence-corrected chi connectivity index (χ2v) is 5.25. The average Bonchev–Trinajstić information content (AvgIpc) is 2.38. The quantitative estimate of drug-likeness (QED) is 0.829. The number of benzene rings is 2. The molecular formula is C16H16FNO. The Kier molecular flexibility index (Phi) is 2.79. The first-order valence-corrected chi connectivity index (χ1v) is 6.34. The van der Waals surface area contributed by atoms with Crippen LogP contribution < -0.4 is 5.32 Å². The van der Waals surface area contributed by atoms with Crippen molar-refractivity contribution in [2.45, 2.75) is 19.4 Å². The molecule has 3 rings (SSSR count). The fourth-order valence-corrected chi connectivity index (χ4v) is 2.42. The largest absolute Gasteiger partial charge is 0.362 e. The number of rotatable bonds is 1. The van der Waals surface area contributed by atoms with Gasteiger partial charge in [0, 0.05) is 11.3 Å². The van der Waals surface area contributed by atoms with E-state index in [1.807, 2.05) is 32.0 Å². The van der Waals surface area contributed by atoms with E-state index in [2.05, 4.69) is 11.4 Å². The molecule has 98 valence electrons. The van der Waals surface area contributed by atoms with Crippen molar-refractivity contribution in [3.8, 4) is 11.1 Å². The van der Waals surface area contributed by atoms with Crippen molar-refractivity contribution >= 4 is 5.69 Å². The van der Waals surface area contributed by atoms with Crippen LogP contribution in [0.2, 0.25) is 0 Å². The van der Waals surface area contributed by atoms with Gasteiger partial charge >= 0.3 is 0 Å². The Bertz CT molecular complexity index is 622. The summed E-state index contributed by atoms with van der Waals surface area (Å²) in [6.45, 7) is 4.60. The molecule has 0 atom stereocenters. The SMILES string of the molecule is CC1(C)OCNc2ccc(-c3cccc(F)c3)cc21. The normalized spacial score (nSPS) is 16.6. The number of hydrogen-bond acceptors (Lipinski definition) is 2. The van der Waals surface area contributed by atoms with Gasteiger partial charge in [-0.25, -0.2) is 4.39 Å². The van der Waals surface area contributed by atoms with Gasteiger partial charge in [0.15, 0.2) is 0 Å². The van der Waals surface area contributed by atoms with E-state index in [1.54, 1.807) is 12.1 Å². The third-order valence-electron chi connectivity index (χ3n) is 3.52. The fraction of sp³-hybridized carbons (Fsp3) is 0.250. The highest BCUT2D eigenvalue weighted by Crippen LogP contribution is 2.37. The number of nitrogens with one attached hydrogen (secondary N) is 1. The molecule has 2 nitrogen and oxygen atoms in total. The smallest absolute Gasteiger partial charge is 0.123 e. The van der Waals surface area contributed by atoms with Crippen LogP contribution in [0.4, 0.5) is 10.1 Å². The summed E-state index contributed by atoms with van der Waals surface area (Å²) in [5.41, 5.74) is 3.73. The lowest BCUT2D eigenvalue weighted by Gasteiger charge is -2.33. The van der Waals surface area contributed by atoms with E-state index in [-0.39, 0.29) is 11.4 Å². The molecule has 0 bridgehead atoms. The molecule has 0 saturated carbocycles. The monoisotopic (exact) mass is 257 g/mol. The fourth-order valence-electron chi connectivity index (χ4n) is 2.42. The van der Waals surface area contributed by atoms with Crippen molar-refractivity contribution < 1.29 is 9.13 Å². The van der Waals surface area contributed by atoms with Gasteiger partial charge in [0.05, 0.1) is 5.60 Å². The molecule has 0 aliphatic carbocycles. The minimum Gasteiger partial charge on any atom is -0.362 e. The Labute approximate surface area is 112 Å². The van der Waals surface area contributed by atoms with Gasteiger partial charge in [-0.1, -0.05) is 18.2 Å². The van der Waals surface area contributed by atoms with Gasteiger partial charge in [-0.15, -0.1) is 0 Å². The summed E-state index contributed by atoms with van der Waals surface area (Å²) in [5.74, 6) is -0.219. The second kappa shape index (κ2) is 4.35. The summed E-state index contributed by atoms with van der Waals surface area (Å²) in [7, 11) is 0. The lowest BCUT2D eigenvalue weighted by Crippen LogP contribution is -2.31. The van der Waals surface area contributed by atoms with Crippen LogP contribution in [0.3, 0.4) is 0 Å². The second-order valence-electron chi connectivity index (χ2n) is 5.25. The minimum absolute atomic E-state index is 0.219. The maximum absolute atomic E-state index is 13.3. The maximum Gasteiger partial charge on any atom is 0.123 e. The van der Waals surface area contributed by atoms with E-state index in [0.29, 0.717) is 6.73 Å². The summed E-state index contributed by atoms with van der Waals surface area (Å²) in [5, 5.41) is 3.21. The zero-order chi connectivity index (χ0) is 13.5. The molecule has 0 fully saturated rings. The first-order chi connectivity index (χ1) is 9.06. The Morgan fingerprint density at radius 3 is 2.68 bits per heavy atom. The van der Waals surface area contributed by atoms with Gasteiger partial charge in [0.1, 0.15) is 12.5 Å². The highest BCUT2D eigenvalue weighted by Gasteiger charge is 2.28. The van der Waals surface area contributed by atoms with Gasteiger partial charge in [-0.3, -0.25) is 0 Å². The lowest BCUT2D eigenvalue weighted by molar-refractivity contribution is -0.0178. The minimum atomic E-state index is -0.329. The maximum atomic E-state index is 13.3. The third-order valence-corrected chi connectivity index (χ3v) is 3.52. The van der Waals surface area contributed by atoms with Crippen LogP contribution in [0.25, 0.3) is 11.1 Å².